The van der Waals surface area contributed by atoms with E-state index in [4.69, 9.17) is 5.73 Å². The van der Waals surface area contributed by atoms with Gasteiger partial charge in [-0.1, -0.05) is 65.3 Å². The molecule has 0 aliphatic carbocycles. The smallest absolute Gasteiger partial charge is 0.312 e. The molecule has 2 rings (SSSR count). The second kappa shape index (κ2) is 9.97. The number of hydrogen-bond acceptors (Lipinski definition) is 2. The number of nitrogens with one attached hydrogen (secondary N) is 2. The normalized spacial score (nSPS) is 12.8. The molecule has 5 nitrogen and oxygen atoms in total. The molecular formula is C20H24BrN3O2. The van der Waals surface area contributed by atoms with Crippen LogP contribution in [0.15, 0.2) is 59.1 Å². The number of hydrogen-bond donors (Lipinski definition) is 3. The SMILES string of the molecule is CC[C@H](CNC(=O)C[C@@H](NC(N)=O)c1ccc(Br)cc1)c1ccccc1. The topological polar surface area (TPSA) is 84.2 Å². The van der Waals surface area contributed by atoms with Crippen molar-refractivity contribution in [2.24, 2.45) is 5.73 Å². The predicted octanol–water partition coefficient (Wildman–Crippen LogP) is 3.86. The van der Waals surface area contributed by atoms with Crippen LogP contribution in [0, 0.1) is 0 Å². The monoisotopic (exact) mass is 417 g/mol. The van der Waals surface area contributed by atoms with Crippen LogP contribution in [0.1, 0.15) is 42.9 Å². The summed E-state index contributed by atoms with van der Waals surface area (Å²) in [6.07, 6.45) is 1.07. The fourth-order valence-electron chi connectivity index (χ4n) is 2.84. The van der Waals surface area contributed by atoms with Crippen LogP contribution in [0.25, 0.3) is 0 Å². The first-order valence-corrected chi connectivity index (χ1v) is 9.42. The lowest BCUT2D eigenvalue weighted by Gasteiger charge is -2.20. The Balaban J connectivity index is 1.98. The highest BCUT2D eigenvalue weighted by Crippen LogP contribution is 2.21. The van der Waals surface area contributed by atoms with E-state index in [9.17, 15) is 9.59 Å². The van der Waals surface area contributed by atoms with Crippen LogP contribution in [0.2, 0.25) is 0 Å². The maximum atomic E-state index is 12.4. The van der Waals surface area contributed by atoms with Gasteiger partial charge in [0.15, 0.2) is 0 Å². The number of benzene rings is 2. The summed E-state index contributed by atoms with van der Waals surface area (Å²) in [6, 6.07) is 16.5. The van der Waals surface area contributed by atoms with Crippen LogP contribution >= 0.6 is 15.9 Å². The molecule has 0 heterocycles. The van der Waals surface area contributed by atoms with E-state index in [2.05, 4.69) is 45.6 Å². The Labute approximate surface area is 162 Å². The standard InChI is InChI=1S/C20H24BrN3O2/c1-2-14(15-6-4-3-5-7-15)13-23-19(25)12-18(24-20(22)26)16-8-10-17(21)11-9-16/h3-11,14,18H,2,12-13H2,1H3,(H,23,25)(H3,22,24,26)/t14-,18-/m1/s1. The Morgan fingerprint density at radius 2 is 1.69 bits per heavy atom. The number of nitrogens with two attached hydrogens (primary N) is 1. The minimum Gasteiger partial charge on any atom is -0.355 e. The van der Waals surface area contributed by atoms with Gasteiger partial charge in [0.1, 0.15) is 0 Å². The summed E-state index contributed by atoms with van der Waals surface area (Å²) in [5, 5.41) is 5.62. The number of rotatable bonds is 8. The predicted molar refractivity (Wildman–Crippen MR) is 107 cm³/mol. The molecule has 0 bridgehead atoms. The van der Waals surface area contributed by atoms with Gasteiger partial charge in [-0.25, -0.2) is 4.79 Å². The molecular weight excluding hydrogens is 394 g/mol. The highest BCUT2D eigenvalue weighted by Gasteiger charge is 2.18. The van der Waals surface area contributed by atoms with Crippen molar-refractivity contribution < 1.29 is 9.59 Å². The van der Waals surface area contributed by atoms with Crippen molar-refractivity contribution in [3.63, 3.8) is 0 Å². The Kier molecular flexibility index (Phi) is 7.66. The van der Waals surface area contributed by atoms with E-state index < -0.39 is 12.1 Å². The van der Waals surface area contributed by atoms with E-state index in [1.54, 1.807) is 0 Å². The molecule has 0 fully saturated rings. The van der Waals surface area contributed by atoms with Gasteiger partial charge >= 0.3 is 6.03 Å². The number of primary amides is 1. The maximum Gasteiger partial charge on any atom is 0.312 e. The Morgan fingerprint density at radius 3 is 2.27 bits per heavy atom. The van der Waals surface area contributed by atoms with Crippen LogP contribution in [0.5, 0.6) is 0 Å². The lowest BCUT2D eigenvalue weighted by molar-refractivity contribution is -0.121. The molecule has 0 unspecified atom stereocenters. The van der Waals surface area contributed by atoms with E-state index in [0.717, 1.165) is 16.5 Å². The summed E-state index contributed by atoms with van der Waals surface area (Å²) in [4.78, 5) is 23.7. The summed E-state index contributed by atoms with van der Waals surface area (Å²) in [6.45, 7) is 2.66. The molecule has 0 radical (unpaired) electrons. The fraction of sp³-hybridized carbons (Fsp3) is 0.300. The number of carbonyl (C=O) groups is 2. The average molecular weight is 418 g/mol. The van der Waals surface area contributed by atoms with Gasteiger partial charge in [-0.3, -0.25) is 4.79 Å². The molecule has 0 spiro atoms. The second-order valence-corrected chi connectivity index (χ2v) is 7.05. The van der Waals surface area contributed by atoms with Gasteiger partial charge in [0, 0.05) is 16.9 Å². The molecule has 3 amide bonds. The number of amides is 3. The molecule has 0 saturated heterocycles. The molecule has 2 aromatic rings. The third-order valence-corrected chi connectivity index (χ3v) is 4.82. The second-order valence-electron chi connectivity index (χ2n) is 6.14. The molecule has 26 heavy (non-hydrogen) atoms. The zero-order valence-corrected chi connectivity index (χ0v) is 16.3. The van der Waals surface area contributed by atoms with Crippen LogP contribution in [-0.2, 0) is 4.79 Å². The molecule has 0 aromatic heterocycles. The minimum atomic E-state index is -0.651. The van der Waals surface area contributed by atoms with E-state index in [1.165, 1.54) is 5.56 Å². The largest absolute Gasteiger partial charge is 0.355 e. The third kappa shape index (κ3) is 6.19. The Bertz CT molecular complexity index is 720. The zero-order valence-electron chi connectivity index (χ0n) is 14.7. The molecule has 2 aromatic carbocycles. The lowest BCUT2D eigenvalue weighted by Crippen LogP contribution is -2.37. The van der Waals surface area contributed by atoms with Gasteiger partial charge in [-0.15, -0.1) is 0 Å². The third-order valence-electron chi connectivity index (χ3n) is 4.29. The Hall–Kier alpha value is -2.34. The van der Waals surface area contributed by atoms with E-state index in [-0.39, 0.29) is 18.2 Å². The first-order chi connectivity index (χ1) is 12.5. The van der Waals surface area contributed by atoms with Crippen LogP contribution in [0.4, 0.5) is 4.79 Å². The zero-order chi connectivity index (χ0) is 18.9. The quantitative estimate of drug-likeness (QED) is 0.608. The summed E-state index contributed by atoms with van der Waals surface area (Å²) in [5.74, 6) is 0.136. The van der Waals surface area contributed by atoms with Gasteiger partial charge < -0.3 is 16.4 Å². The first kappa shape index (κ1) is 20.0. The number of urea groups is 1. The molecule has 0 aliphatic heterocycles. The van der Waals surface area contributed by atoms with Gasteiger partial charge in [-0.05, 0) is 29.7 Å². The molecule has 138 valence electrons. The lowest BCUT2D eigenvalue weighted by atomic mass is 9.96. The van der Waals surface area contributed by atoms with Crippen molar-refractivity contribution >= 4 is 27.9 Å². The first-order valence-electron chi connectivity index (χ1n) is 8.62. The minimum absolute atomic E-state index is 0.124. The van der Waals surface area contributed by atoms with Crippen molar-refractivity contribution in [3.05, 3.63) is 70.2 Å². The van der Waals surface area contributed by atoms with Gasteiger partial charge in [-0.2, -0.15) is 0 Å². The van der Waals surface area contributed by atoms with Gasteiger partial charge in [0.05, 0.1) is 12.5 Å². The van der Waals surface area contributed by atoms with Crippen LogP contribution in [0.3, 0.4) is 0 Å². The summed E-state index contributed by atoms with van der Waals surface area (Å²) in [5.41, 5.74) is 7.30. The molecule has 6 heteroatoms. The molecule has 2 atom stereocenters. The average Bonchev–Trinajstić information content (AvgIpc) is 2.63. The van der Waals surface area contributed by atoms with E-state index in [0.29, 0.717) is 6.54 Å². The highest BCUT2D eigenvalue weighted by molar-refractivity contribution is 9.10. The fourth-order valence-corrected chi connectivity index (χ4v) is 3.10. The van der Waals surface area contributed by atoms with Gasteiger partial charge in [0.25, 0.3) is 0 Å². The van der Waals surface area contributed by atoms with Crippen molar-refractivity contribution in [1.82, 2.24) is 10.6 Å². The van der Waals surface area contributed by atoms with Crippen LogP contribution in [-0.4, -0.2) is 18.5 Å². The number of carbonyl (C=O) groups excluding carboxylic acids is 2. The number of halogens is 1. The van der Waals surface area contributed by atoms with E-state index in [1.807, 2.05) is 42.5 Å². The summed E-state index contributed by atoms with van der Waals surface area (Å²) >= 11 is 3.38. The summed E-state index contributed by atoms with van der Waals surface area (Å²) < 4.78 is 0.928. The highest BCUT2D eigenvalue weighted by atomic mass is 79.9. The van der Waals surface area contributed by atoms with Crippen molar-refractivity contribution in [1.29, 1.82) is 0 Å². The van der Waals surface area contributed by atoms with Crippen LogP contribution < -0.4 is 16.4 Å². The van der Waals surface area contributed by atoms with Crippen molar-refractivity contribution in [2.75, 3.05) is 6.54 Å². The molecule has 0 aliphatic rings. The van der Waals surface area contributed by atoms with Crippen molar-refractivity contribution in [3.8, 4) is 0 Å². The van der Waals surface area contributed by atoms with Crippen molar-refractivity contribution in [2.45, 2.75) is 31.7 Å². The van der Waals surface area contributed by atoms with Gasteiger partial charge in [0.2, 0.25) is 5.91 Å². The molecule has 0 saturated carbocycles. The van der Waals surface area contributed by atoms with E-state index >= 15 is 0 Å². The summed E-state index contributed by atoms with van der Waals surface area (Å²) in [7, 11) is 0. The maximum absolute atomic E-state index is 12.4. The Morgan fingerprint density at radius 1 is 1.04 bits per heavy atom. The molecule has 4 N–H and O–H groups in total.